The number of ether oxygens (including phenoxy) is 2. The molecule has 2 rings (SSSR count). The van der Waals surface area contributed by atoms with Gasteiger partial charge in [0.1, 0.15) is 18.0 Å². The lowest BCUT2D eigenvalue weighted by Gasteiger charge is -2.40. The molecule has 1 aliphatic rings. The second-order valence-electron chi connectivity index (χ2n) is 5.67. The highest BCUT2D eigenvalue weighted by Gasteiger charge is 2.42. The van der Waals surface area contributed by atoms with E-state index >= 15 is 0 Å². The molecule has 1 saturated carbocycles. The Morgan fingerprint density at radius 1 is 1.25 bits per heavy atom. The number of aliphatic hydroxyl groups excluding tert-OH is 1. The topological polar surface area (TPSA) is 38.7 Å². The fraction of sp³-hybridized carbons (Fsp3) is 0.647. The molecule has 0 heterocycles. The van der Waals surface area contributed by atoms with Gasteiger partial charge in [-0.2, -0.15) is 0 Å². The average molecular weight is 278 g/mol. The zero-order valence-electron chi connectivity index (χ0n) is 12.7. The first-order valence-corrected chi connectivity index (χ1v) is 7.72. The van der Waals surface area contributed by atoms with Crippen LogP contribution in [0.15, 0.2) is 24.3 Å². The lowest BCUT2D eigenvalue weighted by atomic mass is 9.88. The van der Waals surface area contributed by atoms with E-state index < -0.39 is 0 Å². The normalized spacial score (nSPS) is 26.9. The van der Waals surface area contributed by atoms with E-state index in [2.05, 4.69) is 32.9 Å². The van der Waals surface area contributed by atoms with E-state index in [-0.39, 0.29) is 18.3 Å². The Morgan fingerprint density at radius 3 is 2.50 bits per heavy atom. The molecule has 0 aliphatic heterocycles. The molecule has 1 N–H and O–H groups in total. The standard InChI is InChI=1S/C17H26O3/c1-4-10-19-17-15(18)11-16(17)20-14-8-6-13(7-9-14)12(3)5-2/h6-9,12,15-18H,4-5,10-11H2,1-3H3. The van der Waals surface area contributed by atoms with Crippen LogP contribution in [0.5, 0.6) is 5.75 Å². The molecule has 3 heteroatoms. The van der Waals surface area contributed by atoms with Crippen molar-refractivity contribution >= 4 is 0 Å². The Hall–Kier alpha value is -1.06. The van der Waals surface area contributed by atoms with E-state index in [0.29, 0.717) is 18.9 Å². The van der Waals surface area contributed by atoms with Gasteiger partial charge in [-0.3, -0.25) is 0 Å². The van der Waals surface area contributed by atoms with Gasteiger partial charge in [-0.1, -0.05) is 32.9 Å². The summed E-state index contributed by atoms with van der Waals surface area (Å²) in [6, 6.07) is 8.28. The fourth-order valence-electron chi connectivity index (χ4n) is 2.43. The van der Waals surface area contributed by atoms with Crippen molar-refractivity contribution in [3.8, 4) is 5.75 Å². The molecule has 1 fully saturated rings. The van der Waals surface area contributed by atoms with Crippen molar-refractivity contribution in [3.05, 3.63) is 29.8 Å². The Balaban J connectivity index is 1.90. The highest BCUT2D eigenvalue weighted by Crippen LogP contribution is 2.30. The zero-order valence-corrected chi connectivity index (χ0v) is 12.7. The third kappa shape index (κ3) is 3.53. The van der Waals surface area contributed by atoms with E-state index in [0.717, 1.165) is 18.6 Å². The van der Waals surface area contributed by atoms with Gasteiger partial charge >= 0.3 is 0 Å². The number of hydrogen-bond donors (Lipinski definition) is 1. The Labute approximate surface area is 121 Å². The van der Waals surface area contributed by atoms with Crippen molar-refractivity contribution in [3.63, 3.8) is 0 Å². The minimum Gasteiger partial charge on any atom is -0.488 e. The zero-order chi connectivity index (χ0) is 14.5. The number of aliphatic hydroxyl groups is 1. The Kier molecular flexibility index (Phi) is 5.44. The van der Waals surface area contributed by atoms with Crippen molar-refractivity contribution < 1.29 is 14.6 Å². The van der Waals surface area contributed by atoms with Crippen molar-refractivity contribution in [1.82, 2.24) is 0 Å². The maximum absolute atomic E-state index is 9.73. The summed E-state index contributed by atoms with van der Waals surface area (Å²) < 4.78 is 11.5. The van der Waals surface area contributed by atoms with Crippen LogP contribution in [0.1, 0.15) is 51.5 Å². The molecule has 4 atom stereocenters. The largest absolute Gasteiger partial charge is 0.488 e. The van der Waals surface area contributed by atoms with Crippen LogP contribution in [-0.4, -0.2) is 30.0 Å². The van der Waals surface area contributed by atoms with Gasteiger partial charge in [0.05, 0.1) is 6.10 Å². The van der Waals surface area contributed by atoms with E-state index in [4.69, 9.17) is 9.47 Å². The number of benzene rings is 1. The predicted molar refractivity (Wildman–Crippen MR) is 80.2 cm³/mol. The SMILES string of the molecule is CCCOC1C(O)CC1Oc1ccc(C(C)CC)cc1. The molecule has 4 unspecified atom stereocenters. The highest BCUT2D eigenvalue weighted by atomic mass is 16.6. The molecule has 20 heavy (non-hydrogen) atoms. The first-order chi connectivity index (χ1) is 9.65. The van der Waals surface area contributed by atoms with Crippen molar-refractivity contribution in [1.29, 1.82) is 0 Å². The van der Waals surface area contributed by atoms with Crippen molar-refractivity contribution in [2.75, 3.05) is 6.61 Å². The lowest BCUT2D eigenvalue weighted by Crippen LogP contribution is -2.55. The second kappa shape index (κ2) is 7.09. The first kappa shape index (κ1) is 15.3. The molecule has 112 valence electrons. The minimum atomic E-state index is -0.383. The van der Waals surface area contributed by atoms with Gasteiger partial charge in [-0.05, 0) is 36.5 Å². The molecular weight excluding hydrogens is 252 g/mol. The summed E-state index contributed by atoms with van der Waals surface area (Å²) in [5.41, 5.74) is 1.34. The van der Waals surface area contributed by atoms with Gasteiger partial charge in [-0.25, -0.2) is 0 Å². The van der Waals surface area contributed by atoms with Crippen LogP contribution in [-0.2, 0) is 4.74 Å². The smallest absolute Gasteiger partial charge is 0.130 e. The van der Waals surface area contributed by atoms with Gasteiger partial charge in [-0.15, -0.1) is 0 Å². The molecule has 0 radical (unpaired) electrons. The third-order valence-corrected chi connectivity index (χ3v) is 4.08. The summed E-state index contributed by atoms with van der Waals surface area (Å²) in [7, 11) is 0. The van der Waals surface area contributed by atoms with Crippen LogP contribution in [0.3, 0.4) is 0 Å². The van der Waals surface area contributed by atoms with E-state index in [1.165, 1.54) is 5.56 Å². The lowest BCUT2D eigenvalue weighted by molar-refractivity contribution is -0.162. The maximum Gasteiger partial charge on any atom is 0.130 e. The van der Waals surface area contributed by atoms with Gasteiger partial charge in [0.25, 0.3) is 0 Å². The molecule has 1 aromatic carbocycles. The van der Waals surface area contributed by atoms with Crippen LogP contribution >= 0.6 is 0 Å². The average Bonchev–Trinajstić information content (AvgIpc) is 2.47. The molecule has 1 aromatic rings. The predicted octanol–water partition coefficient (Wildman–Crippen LogP) is 3.51. The van der Waals surface area contributed by atoms with Crippen LogP contribution in [0.2, 0.25) is 0 Å². The van der Waals surface area contributed by atoms with E-state index in [1.54, 1.807) is 0 Å². The monoisotopic (exact) mass is 278 g/mol. The minimum absolute atomic E-state index is 0.0222. The summed E-state index contributed by atoms with van der Waals surface area (Å²) in [6.45, 7) is 7.16. The third-order valence-electron chi connectivity index (χ3n) is 4.08. The van der Waals surface area contributed by atoms with Crippen LogP contribution in [0, 0.1) is 0 Å². The maximum atomic E-state index is 9.73. The Morgan fingerprint density at radius 2 is 1.95 bits per heavy atom. The molecule has 1 aliphatic carbocycles. The summed E-state index contributed by atoms with van der Waals surface area (Å²) in [5.74, 6) is 1.44. The summed E-state index contributed by atoms with van der Waals surface area (Å²) >= 11 is 0. The molecule has 0 spiro atoms. The van der Waals surface area contributed by atoms with Gasteiger partial charge in [0.15, 0.2) is 0 Å². The highest BCUT2D eigenvalue weighted by molar-refractivity contribution is 5.29. The van der Waals surface area contributed by atoms with E-state index in [1.807, 2.05) is 12.1 Å². The van der Waals surface area contributed by atoms with E-state index in [9.17, 15) is 5.11 Å². The van der Waals surface area contributed by atoms with Gasteiger partial charge in [0.2, 0.25) is 0 Å². The van der Waals surface area contributed by atoms with Crippen LogP contribution < -0.4 is 4.74 Å². The summed E-state index contributed by atoms with van der Waals surface area (Å²) in [4.78, 5) is 0. The van der Waals surface area contributed by atoms with Crippen molar-refractivity contribution in [2.45, 2.75) is 64.3 Å². The summed E-state index contributed by atoms with van der Waals surface area (Å²) in [5, 5.41) is 9.73. The molecule has 0 amide bonds. The molecular formula is C17H26O3. The quantitative estimate of drug-likeness (QED) is 0.829. The van der Waals surface area contributed by atoms with Crippen LogP contribution in [0.25, 0.3) is 0 Å². The number of hydrogen-bond acceptors (Lipinski definition) is 3. The van der Waals surface area contributed by atoms with Crippen LogP contribution in [0.4, 0.5) is 0 Å². The molecule has 3 nitrogen and oxygen atoms in total. The molecule has 0 saturated heterocycles. The van der Waals surface area contributed by atoms with Gasteiger partial charge in [0, 0.05) is 13.0 Å². The second-order valence-corrected chi connectivity index (χ2v) is 5.67. The molecule has 0 bridgehead atoms. The fourth-order valence-corrected chi connectivity index (χ4v) is 2.43. The number of rotatable bonds is 7. The molecule has 0 aromatic heterocycles. The Bertz CT molecular complexity index is 401. The van der Waals surface area contributed by atoms with Crippen molar-refractivity contribution in [2.24, 2.45) is 0 Å². The first-order valence-electron chi connectivity index (χ1n) is 7.72. The van der Waals surface area contributed by atoms with Gasteiger partial charge < -0.3 is 14.6 Å². The summed E-state index contributed by atoms with van der Waals surface area (Å²) in [6.07, 6.45) is 2.17.